The van der Waals surface area contributed by atoms with E-state index in [4.69, 9.17) is 33.9 Å². The first kappa shape index (κ1) is 45.6. The van der Waals surface area contributed by atoms with Crippen LogP contribution in [0.1, 0.15) is 113 Å². The Morgan fingerprint density at radius 1 is 0.985 bits per heavy atom. The van der Waals surface area contributed by atoms with Crippen LogP contribution in [0, 0.1) is 28.6 Å². The largest absolute Gasteiger partial charge is 0.468 e. The zero-order chi connectivity index (χ0) is 46.2. The molecule has 1 aliphatic carbocycles. The predicted molar refractivity (Wildman–Crippen MR) is 258 cm³/mol. The molecule has 2 unspecified atom stereocenters. The topological polar surface area (TPSA) is 102 Å². The van der Waals surface area contributed by atoms with Gasteiger partial charge in [-0.25, -0.2) is 9.18 Å². The lowest BCUT2D eigenvalue weighted by Crippen LogP contribution is -2.57. The van der Waals surface area contributed by atoms with E-state index >= 15 is 4.39 Å². The number of pyridine rings is 1. The van der Waals surface area contributed by atoms with E-state index in [9.17, 15) is 4.79 Å². The summed E-state index contributed by atoms with van der Waals surface area (Å²) in [5.74, 6) is 4.77. The number of piperazine rings is 1. The zero-order valence-electron chi connectivity index (χ0n) is 40.5. The van der Waals surface area contributed by atoms with E-state index in [2.05, 4.69) is 69.7 Å². The minimum Gasteiger partial charge on any atom is -0.468 e. The van der Waals surface area contributed by atoms with Crippen molar-refractivity contribution in [3.63, 3.8) is 0 Å². The van der Waals surface area contributed by atoms with Gasteiger partial charge in [0.2, 0.25) is 0 Å². The predicted octanol–water partition coefficient (Wildman–Crippen LogP) is 10.8. The fourth-order valence-corrected chi connectivity index (χ4v) is 17.8. The molecule has 11 nitrogen and oxygen atoms in total. The third-order valence-electron chi connectivity index (χ3n) is 15.4. The molecule has 4 saturated heterocycles. The van der Waals surface area contributed by atoms with E-state index in [-0.39, 0.29) is 47.7 Å². The maximum atomic E-state index is 18.0. The Kier molecular flexibility index (Phi) is 11.9. The van der Waals surface area contributed by atoms with Gasteiger partial charge in [0.1, 0.15) is 43.1 Å². The Balaban J connectivity index is 1.18. The molecule has 2 aromatic heterocycles. The fourth-order valence-electron chi connectivity index (χ4n) is 12.6. The number of rotatable bonds is 11. The quantitative estimate of drug-likeness (QED) is 0.0821. The molecular weight excluding hydrogens is 836 g/mol. The number of nitrogens with zero attached hydrogens (tertiary/aromatic N) is 6. The highest BCUT2D eigenvalue weighted by atomic mass is 28.3. The van der Waals surface area contributed by atoms with Gasteiger partial charge in [0, 0.05) is 56.0 Å². The number of carbonyl (C=O) groups excluding carboxylic acids is 1. The van der Waals surface area contributed by atoms with Gasteiger partial charge in [-0.1, -0.05) is 66.5 Å². The van der Waals surface area contributed by atoms with Crippen LogP contribution in [0.15, 0.2) is 36.5 Å². The molecule has 0 N–H and O–H groups in total. The smallest absolute Gasteiger partial charge is 0.410 e. The van der Waals surface area contributed by atoms with Gasteiger partial charge in [-0.2, -0.15) is 9.97 Å². The number of hydrogen-bond acceptors (Lipinski definition) is 10. The molecule has 13 heteroatoms. The molecule has 348 valence electrons. The summed E-state index contributed by atoms with van der Waals surface area (Å²) < 4.78 is 42.0. The number of amides is 1. The van der Waals surface area contributed by atoms with Crippen LogP contribution in [-0.2, 0) is 9.47 Å². The Morgan fingerprint density at radius 2 is 1.69 bits per heavy atom. The molecule has 9 rings (SSSR count). The van der Waals surface area contributed by atoms with E-state index in [0.29, 0.717) is 70.2 Å². The molecule has 6 heterocycles. The van der Waals surface area contributed by atoms with Crippen molar-refractivity contribution in [2.45, 2.75) is 148 Å². The first-order valence-corrected chi connectivity index (χ1v) is 26.3. The van der Waals surface area contributed by atoms with Crippen LogP contribution in [0.5, 0.6) is 11.8 Å². The van der Waals surface area contributed by atoms with Crippen LogP contribution >= 0.6 is 0 Å². The Labute approximate surface area is 386 Å². The summed E-state index contributed by atoms with van der Waals surface area (Å²) in [7, 11) is -0.542. The van der Waals surface area contributed by atoms with Gasteiger partial charge in [0.05, 0.1) is 23.0 Å². The van der Waals surface area contributed by atoms with Crippen molar-refractivity contribution in [1.82, 2.24) is 24.8 Å². The normalized spacial score (nSPS) is 23.8. The van der Waals surface area contributed by atoms with Crippen molar-refractivity contribution >= 4 is 41.7 Å². The Hall–Kier alpha value is -4.51. The Bertz CT molecular complexity index is 2510. The van der Waals surface area contributed by atoms with Crippen LogP contribution in [0.4, 0.5) is 15.0 Å². The number of fused-ring (bicyclic) bond motifs is 5. The molecule has 65 heavy (non-hydrogen) atoms. The van der Waals surface area contributed by atoms with Crippen LogP contribution in [0.2, 0.25) is 16.6 Å². The molecule has 2 aromatic carbocycles. The second-order valence-corrected chi connectivity index (χ2v) is 27.7. The highest BCUT2D eigenvalue weighted by Gasteiger charge is 2.61. The third kappa shape index (κ3) is 8.34. The number of aromatic nitrogens is 3. The number of halogens is 1. The average Bonchev–Trinajstić information content (AvgIpc) is 3.73. The summed E-state index contributed by atoms with van der Waals surface area (Å²) in [6.07, 6.45) is 7.80. The lowest BCUT2D eigenvalue weighted by atomic mass is 9.87. The number of hydrogen-bond donors (Lipinski definition) is 0. The number of anilines is 1. The summed E-state index contributed by atoms with van der Waals surface area (Å²) in [5, 5.41) is 2.16. The lowest BCUT2D eigenvalue weighted by molar-refractivity contribution is 0.0122. The van der Waals surface area contributed by atoms with E-state index in [1.54, 1.807) is 13.3 Å². The first-order chi connectivity index (χ1) is 30.9. The summed E-state index contributed by atoms with van der Waals surface area (Å²) in [6, 6.07) is 9.84. The number of ether oxygens (including phenoxy) is 4. The lowest BCUT2D eigenvalue weighted by Gasteiger charge is -2.42. The van der Waals surface area contributed by atoms with E-state index in [1.165, 1.54) is 12.8 Å². The summed E-state index contributed by atoms with van der Waals surface area (Å²) in [6.45, 7) is 25.6. The van der Waals surface area contributed by atoms with Crippen molar-refractivity contribution in [2.75, 3.05) is 51.6 Å². The van der Waals surface area contributed by atoms with Crippen LogP contribution in [0.3, 0.4) is 0 Å². The molecule has 1 saturated carbocycles. The maximum Gasteiger partial charge on any atom is 0.410 e. The fraction of sp³-hybridized carbons (Fsp3) is 0.615. The van der Waals surface area contributed by atoms with Gasteiger partial charge in [-0.3, -0.25) is 14.8 Å². The number of methoxy groups -OCH3 is 1. The van der Waals surface area contributed by atoms with Gasteiger partial charge < -0.3 is 23.8 Å². The monoisotopic (exact) mass is 905 g/mol. The molecule has 4 atom stereocenters. The number of benzene rings is 2. The minimum atomic E-state index is -2.12. The molecule has 0 radical (unpaired) electrons. The number of carbonyl (C=O) groups is 1. The maximum absolute atomic E-state index is 18.0. The zero-order valence-corrected chi connectivity index (χ0v) is 41.5. The molecule has 5 aliphatic rings. The third-order valence-corrected chi connectivity index (χ3v) is 21.7. The standard InChI is InChI=1S/C52H69FN6O5Si/c1-32(2)65(33(3)4,34(5)6)20-17-36-13-12-14-37-21-40(63-31-61-11)22-41(43(36)37)45-44(53)46-42(24-54-45)47(57-26-38-15-16-39(27-57)59(38)49(60)64-50(8,9)10)56-48(55-46)62-30-52-23-35(7)25-58(52)29-51(28-52)18-19-51/h12-14,21-22,24,32-35,38-39H,15-16,18-19,23,25-31H2,1-11H3/t35?,38-,39+,52?. The molecule has 4 aromatic rings. The minimum absolute atomic E-state index is 0.0304. The van der Waals surface area contributed by atoms with E-state index in [0.717, 1.165) is 55.1 Å². The van der Waals surface area contributed by atoms with E-state index in [1.807, 2.05) is 56.0 Å². The van der Waals surface area contributed by atoms with Crippen molar-refractivity contribution in [3.8, 4) is 34.5 Å². The van der Waals surface area contributed by atoms with Gasteiger partial charge in [-0.05, 0) is 111 Å². The van der Waals surface area contributed by atoms with Crippen LogP contribution in [-0.4, -0.2) is 109 Å². The summed E-state index contributed by atoms with van der Waals surface area (Å²) in [5.41, 5.74) is 6.61. The molecule has 1 amide bonds. The second kappa shape index (κ2) is 17.0. The van der Waals surface area contributed by atoms with Gasteiger partial charge >= 0.3 is 12.1 Å². The molecular formula is C52H69FN6O5Si. The van der Waals surface area contributed by atoms with Gasteiger partial charge in [-0.15, -0.1) is 5.54 Å². The highest BCUT2D eigenvalue weighted by molar-refractivity contribution is 6.90. The van der Waals surface area contributed by atoms with Crippen molar-refractivity contribution < 1.29 is 28.1 Å². The van der Waals surface area contributed by atoms with Gasteiger partial charge in [0.15, 0.2) is 12.6 Å². The highest BCUT2D eigenvalue weighted by Crippen LogP contribution is 2.61. The van der Waals surface area contributed by atoms with E-state index < -0.39 is 19.5 Å². The summed E-state index contributed by atoms with van der Waals surface area (Å²) >= 11 is 0. The Morgan fingerprint density at radius 3 is 2.34 bits per heavy atom. The molecule has 1 spiro atoms. The van der Waals surface area contributed by atoms with Crippen molar-refractivity contribution in [3.05, 3.63) is 47.9 Å². The average molecular weight is 905 g/mol. The summed E-state index contributed by atoms with van der Waals surface area (Å²) in [4.78, 5) is 35.2. The second-order valence-electron chi connectivity index (χ2n) is 22.1. The first-order valence-electron chi connectivity index (χ1n) is 24.1. The molecule has 4 aliphatic heterocycles. The molecule has 2 bridgehead atoms. The molecule has 5 fully saturated rings. The van der Waals surface area contributed by atoms with Crippen LogP contribution < -0.4 is 14.4 Å². The van der Waals surface area contributed by atoms with Crippen molar-refractivity contribution in [2.24, 2.45) is 11.3 Å². The van der Waals surface area contributed by atoms with Crippen molar-refractivity contribution in [1.29, 1.82) is 0 Å². The van der Waals surface area contributed by atoms with Gasteiger partial charge in [0.25, 0.3) is 0 Å². The van der Waals surface area contributed by atoms with Crippen LogP contribution in [0.25, 0.3) is 32.9 Å². The SMILES string of the molecule is COCOc1cc(-c2ncc3c(N4C[C@H]5CC[C@@H](C4)N5C(=O)OC(C)(C)C)nc(OCC45CC(C)CN4CC4(CC4)C5)nc3c2F)c2c(C#C[Si](C(C)C)(C(C)C)C(C)C)cccc2c1.